The summed E-state index contributed by atoms with van der Waals surface area (Å²) in [6.07, 6.45) is 2.62. The van der Waals surface area contributed by atoms with Gasteiger partial charge in [0.2, 0.25) is 0 Å². The molecule has 1 N–H and O–H groups in total. The van der Waals surface area contributed by atoms with Crippen LogP contribution in [0.4, 0.5) is 10.5 Å². The number of cyclic esters (lactones) is 1. The predicted molar refractivity (Wildman–Crippen MR) is 104 cm³/mol. The number of ether oxygens (including phenoxy) is 3. The highest BCUT2D eigenvalue weighted by Gasteiger charge is 2.35. The van der Waals surface area contributed by atoms with E-state index in [-0.39, 0.29) is 35.8 Å². The van der Waals surface area contributed by atoms with Crippen molar-refractivity contribution in [3.63, 3.8) is 0 Å². The maximum absolute atomic E-state index is 12.4. The first-order chi connectivity index (χ1) is 13.2. The van der Waals surface area contributed by atoms with Crippen LogP contribution in [-0.4, -0.2) is 44.1 Å². The van der Waals surface area contributed by atoms with Gasteiger partial charge in [0.15, 0.2) is 11.5 Å². The van der Waals surface area contributed by atoms with E-state index in [1.165, 1.54) is 12.0 Å². The lowest BCUT2D eigenvalue weighted by Gasteiger charge is -2.21. The second-order valence-electron chi connectivity index (χ2n) is 6.73. The van der Waals surface area contributed by atoms with E-state index in [1.54, 1.807) is 21.0 Å². The third kappa shape index (κ3) is 4.27. The molecule has 152 valence electrons. The van der Waals surface area contributed by atoms with Gasteiger partial charge in [0.05, 0.1) is 12.7 Å². The smallest absolute Gasteiger partial charge is 0.341 e. The largest absolute Gasteiger partial charge is 0.492 e. The summed E-state index contributed by atoms with van der Waals surface area (Å²) in [6.45, 7) is 5.63. The topological polar surface area (TPSA) is 94.2 Å². The number of carbonyl (C=O) groups is 3. The van der Waals surface area contributed by atoms with E-state index < -0.39 is 18.0 Å². The predicted octanol–water partition coefficient (Wildman–Crippen LogP) is 3.42. The summed E-state index contributed by atoms with van der Waals surface area (Å²) in [5, 5.41) is 2.64. The lowest BCUT2D eigenvalue weighted by atomic mass is 9.99. The van der Waals surface area contributed by atoms with Gasteiger partial charge in [0.25, 0.3) is 0 Å². The Hall–Kier alpha value is -3.03. The number of benzene rings is 1. The molecule has 0 spiro atoms. The molecule has 0 aliphatic carbocycles. The Balaban J connectivity index is 2.53. The first-order valence-electron chi connectivity index (χ1n) is 8.92. The summed E-state index contributed by atoms with van der Waals surface area (Å²) in [5.41, 5.74) is 2.54. The highest BCUT2D eigenvalue weighted by molar-refractivity contribution is 6.07. The molecule has 1 aromatic rings. The van der Waals surface area contributed by atoms with E-state index in [0.29, 0.717) is 17.5 Å². The first kappa shape index (κ1) is 21.3. The number of allylic oxidation sites excluding steroid dienone is 2. The fourth-order valence-electron chi connectivity index (χ4n) is 2.78. The number of amides is 2. The van der Waals surface area contributed by atoms with Crippen molar-refractivity contribution in [2.24, 2.45) is 0 Å². The van der Waals surface area contributed by atoms with Gasteiger partial charge >= 0.3 is 18.0 Å². The third-order valence-electron chi connectivity index (χ3n) is 4.60. The van der Waals surface area contributed by atoms with Crippen LogP contribution in [0, 0.1) is 6.92 Å². The number of urea groups is 1. The molecule has 0 aromatic heterocycles. The SMILES string of the molecule is CC=C(C)CCC(=O)Oc1c(NC(=O)N(C)C)c2c(c(C)c1OC)COC2=O. The maximum Gasteiger partial charge on any atom is 0.341 e. The van der Waals surface area contributed by atoms with E-state index in [9.17, 15) is 14.4 Å². The first-order valence-corrected chi connectivity index (χ1v) is 8.92. The van der Waals surface area contributed by atoms with Gasteiger partial charge in [-0.1, -0.05) is 11.6 Å². The van der Waals surface area contributed by atoms with Crippen molar-refractivity contribution < 1.29 is 28.6 Å². The highest BCUT2D eigenvalue weighted by atomic mass is 16.6. The summed E-state index contributed by atoms with van der Waals surface area (Å²) in [7, 11) is 4.56. The molecule has 28 heavy (non-hydrogen) atoms. The van der Waals surface area contributed by atoms with Gasteiger partial charge in [-0.25, -0.2) is 9.59 Å². The Morgan fingerprint density at radius 3 is 2.50 bits per heavy atom. The molecular formula is C20H26N2O6. The fourth-order valence-corrected chi connectivity index (χ4v) is 2.78. The van der Waals surface area contributed by atoms with Gasteiger partial charge in [0.1, 0.15) is 12.3 Å². The van der Waals surface area contributed by atoms with Crippen LogP contribution in [0.1, 0.15) is 48.2 Å². The molecule has 0 saturated heterocycles. The van der Waals surface area contributed by atoms with Crippen LogP contribution in [0.25, 0.3) is 0 Å². The molecule has 1 aliphatic heterocycles. The average Bonchev–Trinajstić information content (AvgIpc) is 3.04. The molecule has 2 amide bonds. The zero-order chi connectivity index (χ0) is 21.0. The lowest BCUT2D eigenvalue weighted by Crippen LogP contribution is -2.28. The van der Waals surface area contributed by atoms with Crippen molar-refractivity contribution in [3.8, 4) is 11.5 Å². The molecule has 0 bridgehead atoms. The number of anilines is 1. The van der Waals surface area contributed by atoms with E-state index in [2.05, 4.69) is 5.32 Å². The van der Waals surface area contributed by atoms with Crippen LogP contribution in [0.2, 0.25) is 0 Å². The summed E-state index contributed by atoms with van der Waals surface area (Å²) in [5.74, 6) is -0.791. The quantitative estimate of drug-likeness (QED) is 0.454. The molecule has 1 aromatic carbocycles. The summed E-state index contributed by atoms with van der Waals surface area (Å²) in [6, 6.07) is -0.477. The van der Waals surface area contributed by atoms with E-state index >= 15 is 0 Å². The molecule has 0 unspecified atom stereocenters. The monoisotopic (exact) mass is 390 g/mol. The molecule has 1 aliphatic rings. The zero-order valence-electron chi connectivity index (χ0n) is 17.1. The van der Waals surface area contributed by atoms with Crippen LogP contribution in [0.3, 0.4) is 0 Å². The van der Waals surface area contributed by atoms with Crippen LogP contribution in [0.5, 0.6) is 11.5 Å². The van der Waals surface area contributed by atoms with Gasteiger partial charge in [-0.2, -0.15) is 0 Å². The van der Waals surface area contributed by atoms with Crippen molar-refractivity contribution in [3.05, 3.63) is 28.3 Å². The Kier molecular flexibility index (Phi) is 6.66. The average molecular weight is 390 g/mol. The van der Waals surface area contributed by atoms with Gasteiger partial charge in [0, 0.05) is 31.6 Å². The number of fused-ring (bicyclic) bond motifs is 1. The van der Waals surface area contributed by atoms with E-state index in [1.807, 2.05) is 19.9 Å². The molecule has 0 radical (unpaired) electrons. The molecule has 8 nitrogen and oxygen atoms in total. The maximum atomic E-state index is 12.4. The van der Waals surface area contributed by atoms with Crippen molar-refractivity contribution in [1.29, 1.82) is 0 Å². The molecule has 1 heterocycles. The molecule has 0 saturated carbocycles. The van der Waals surface area contributed by atoms with Crippen LogP contribution in [0.15, 0.2) is 11.6 Å². The minimum atomic E-state index is -0.586. The van der Waals surface area contributed by atoms with E-state index in [0.717, 1.165) is 5.57 Å². The number of methoxy groups -OCH3 is 1. The van der Waals surface area contributed by atoms with Crippen molar-refractivity contribution in [1.82, 2.24) is 4.90 Å². The molecular weight excluding hydrogens is 364 g/mol. The minimum absolute atomic E-state index is 0.0101. The van der Waals surface area contributed by atoms with Gasteiger partial charge in [-0.3, -0.25) is 4.79 Å². The second-order valence-corrected chi connectivity index (χ2v) is 6.73. The van der Waals surface area contributed by atoms with Crippen LogP contribution >= 0.6 is 0 Å². The van der Waals surface area contributed by atoms with Crippen molar-refractivity contribution >= 4 is 23.7 Å². The Morgan fingerprint density at radius 1 is 1.25 bits per heavy atom. The zero-order valence-corrected chi connectivity index (χ0v) is 17.1. The van der Waals surface area contributed by atoms with Gasteiger partial charge in [-0.15, -0.1) is 0 Å². The van der Waals surface area contributed by atoms with Gasteiger partial charge < -0.3 is 24.4 Å². The molecule has 8 heteroatoms. The van der Waals surface area contributed by atoms with Crippen LogP contribution < -0.4 is 14.8 Å². The molecule has 2 rings (SSSR count). The Labute approximate surface area is 164 Å². The molecule has 0 fully saturated rings. The number of nitrogens with one attached hydrogen (secondary N) is 1. The number of rotatable bonds is 6. The van der Waals surface area contributed by atoms with Gasteiger partial charge in [-0.05, 0) is 27.2 Å². The summed E-state index contributed by atoms with van der Waals surface area (Å²) < 4.78 is 16.1. The number of carbonyl (C=O) groups excluding carboxylic acids is 3. The Bertz CT molecular complexity index is 842. The lowest BCUT2D eigenvalue weighted by molar-refractivity contribution is -0.134. The standard InChI is InChI=1S/C20H26N2O6/c1-7-11(2)8-9-14(23)28-18-16(21-20(25)22(4)5)15-13(10-27-19(15)24)12(3)17(18)26-6/h7H,8-10H2,1-6H3,(H,21,25). The summed E-state index contributed by atoms with van der Waals surface area (Å²) >= 11 is 0. The fraction of sp³-hybridized carbons (Fsp3) is 0.450. The number of hydrogen-bond acceptors (Lipinski definition) is 6. The number of esters is 2. The molecule has 0 atom stereocenters. The third-order valence-corrected chi connectivity index (χ3v) is 4.60. The van der Waals surface area contributed by atoms with Crippen LogP contribution in [-0.2, 0) is 16.1 Å². The number of nitrogens with zero attached hydrogens (tertiary/aromatic N) is 1. The van der Waals surface area contributed by atoms with Crippen molar-refractivity contribution in [2.75, 3.05) is 26.5 Å². The van der Waals surface area contributed by atoms with Crippen molar-refractivity contribution in [2.45, 2.75) is 40.2 Å². The minimum Gasteiger partial charge on any atom is -0.492 e. The second kappa shape index (κ2) is 8.77. The summed E-state index contributed by atoms with van der Waals surface area (Å²) in [4.78, 5) is 38.3. The normalized spacial score (nSPS) is 12.9. The van der Waals surface area contributed by atoms with E-state index in [4.69, 9.17) is 14.2 Å². The Morgan fingerprint density at radius 2 is 1.93 bits per heavy atom. The highest BCUT2D eigenvalue weighted by Crippen LogP contribution is 2.46. The number of hydrogen-bond donors (Lipinski definition) is 1.